The minimum absolute atomic E-state index is 0.129. The number of imidazole rings is 1. The molecule has 33 heavy (non-hydrogen) atoms. The molecule has 1 N–H and O–H groups in total. The standard InChI is InChI=1S/C27H23N3O3/c31-25(20-8-2-1-3-9-20)23-24(22-12-11-19-7-4-5-10-21(19)17-22)30(27(33)26(23)32)15-6-14-29-16-13-28-18-29/h1-5,7-13,16-18,24,31H,6,14-15H2/b25-23-. The van der Waals surface area contributed by atoms with E-state index in [1.54, 1.807) is 41.7 Å². The maximum Gasteiger partial charge on any atom is 0.295 e. The molecule has 6 nitrogen and oxygen atoms in total. The van der Waals surface area contributed by atoms with Crippen molar-refractivity contribution >= 4 is 28.2 Å². The highest BCUT2D eigenvalue weighted by atomic mass is 16.3. The molecule has 1 aromatic heterocycles. The van der Waals surface area contributed by atoms with Crippen LogP contribution in [0.15, 0.2) is 97.1 Å². The number of carbonyl (C=O) groups excluding carboxylic acids is 2. The summed E-state index contributed by atoms with van der Waals surface area (Å²) in [5.74, 6) is -1.39. The fourth-order valence-electron chi connectivity index (χ4n) is 4.43. The highest BCUT2D eigenvalue weighted by Crippen LogP contribution is 2.40. The molecule has 3 aromatic carbocycles. The molecule has 1 aliphatic rings. The van der Waals surface area contributed by atoms with Crippen molar-refractivity contribution in [3.63, 3.8) is 0 Å². The Hall–Kier alpha value is -4.19. The molecule has 1 atom stereocenters. The van der Waals surface area contributed by atoms with Crippen molar-refractivity contribution in [1.29, 1.82) is 0 Å². The Labute approximate surface area is 191 Å². The molecule has 2 heterocycles. The smallest absolute Gasteiger partial charge is 0.295 e. The van der Waals surface area contributed by atoms with Gasteiger partial charge in [0, 0.05) is 31.0 Å². The first-order chi connectivity index (χ1) is 16.1. The van der Waals surface area contributed by atoms with Gasteiger partial charge in [-0.1, -0.05) is 66.7 Å². The lowest BCUT2D eigenvalue weighted by atomic mass is 9.93. The number of hydrogen-bond acceptors (Lipinski definition) is 4. The summed E-state index contributed by atoms with van der Waals surface area (Å²) in [5, 5.41) is 13.2. The molecular formula is C27H23N3O3. The van der Waals surface area contributed by atoms with Crippen molar-refractivity contribution in [2.24, 2.45) is 0 Å². The maximum atomic E-state index is 13.1. The molecule has 0 saturated carbocycles. The molecule has 1 amide bonds. The number of aliphatic hydroxyl groups excluding tert-OH is 1. The van der Waals surface area contributed by atoms with E-state index in [0.29, 0.717) is 25.1 Å². The van der Waals surface area contributed by atoms with Crippen molar-refractivity contribution < 1.29 is 14.7 Å². The molecule has 4 aromatic rings. The number of ketones is 1. The maximum absolute atomic E-state index is 13.1. The van der Waals surface area contributed by atoms with E-state index in [-0.39, 0.29) is 11.3 Å². The minimum Gasteiger partial charge on any atom is -0.507 e. The highest BCUT2D eigenvalue weighted by Gasteiger charge is 2.45. The van der Waals surface area contributed by atoms with Crippen LogP contribution in [0.4, 0.5) is 0 Å². The van der Waals surface area contributed by atoms with Crippen LogP contribution in [0.1, 0.15) is 23.6 Å². The molecule has 5 rings (SSSR count). The number of nitrogens with zero attached hydrogens (tertiary/aromatic N) is 3. The van der Waals surface area contributed by atoms with Gasteiger partial charge >= 0.3 is 0 Å². The summed E-state index contributed by atoms with van der Waals surface area (Å²) in [4.78, 5) is 31.9. The van der Waals surface area contributed by atoms with Gasteiger partial charge in [0.2, 0.25) is 0 Å². The number of amides is 1. The van der Waals surface area contributed by atoms with Gasteiger partial charge in [-0.15, -0.1) is 0 Å². The summed E-state index contributed by atoms with van der Waals surface area (Å²) in [6, 6.07) is 22.1. The number of rotatable bonds is 6. The summed E-state index contributed by atoms with van der Waals surface area (Å²) in [6.07, 6.45) is 5.95. The van der Waals surface area contributed by atoms with E-state index in [1.807, 2.05) is 59.3 Å². The number of aryl methyl sites for hydroxylation is 1. The number of benzene rings is 3. The van der Waals surface area contributed by atoms with Crippen LogP contribution in [0.2, 0.25) is 0 Å². The average Bonchev–Trinajstić information content (AvgIpc) is 3.46. The van der Waals surface area contributed by atoms with Crippen molar-refractivity contribution in [3.05, 3.63) is 108 Å². The zero-order valence-electron chi connectivity index (χ0n) is 18.0. The lowest BCUT2D eigenvalue weighted by molar-refractivity contribution is -0.139. The van der Waals surface area contributed by atoms with Gasteiger partial charge in [-0.3, -0.25) is 9.59 Å². The van der Waals surface area contributed by atoms with Gasteiger partial charge in [0.05, 0.1) is 17.9 Å². The van der Waals surface area contributed by atoms with Gasteiger partial charge < -0.3 is 14.6 Å². The van der Waals surface area contributed by atoms with Crippen LogP contribution < -0.4 is 0 Å². The average molecular weight is 437 g/mol. The fraction of sp³-hybridized carbons (Fsp3) is 0.148. The summed E-state index contributed by atoms with van der Waals surface area (Å²) in [5.41, 5.74) is 1.44. The number of carbonyl (C=O) groups is 2. The monoisotopic (exact) mass is 437 g/mol. The fourth-order valence-corrected chi connectivity index (χ4v) is 4.43. The number of likely N-dealkylation sites (tertiary alicyclic amines) is 1. The van der Waals surface area contributed by atoms with E-state index in [0.717, 1.165) is 16.3 Å². The highest BCUT2D eigenvalue weighted by molar-refractivity contribution is 6.46. The zero-order chi connectivity index (χ0) is 22.8. The molecule has 1 aliphatic heterocycles. The Morgan fingerprint density at radius 2 is 1.67 bits per heavy atom. The Morgan fingerprint density at radius 1 is 0.909 bits per heavy atom. The number of aliphatic hydroxyl groups is 1. The molecule has 1 fully saturated rings. The van der Waals surface area contributed by atoms with Gasteiger partial charge in [0.1, 0.15) is 5.76 Å². The normalized spacial score (nSPS) is 17.7. The number of Topliss-reactive ketones (excluding diaryl/α,β-unsaturated/α-hetero) is 1. The third-order valence-electron chi connectivity index (χ3n) is 6.05. The largest absolute Gasteiger partial charge is 0.507 e. The predicted octanol–water partition coefficient (Wildman–Crippen LogP) is 4.55. The molecule has 0 radical (unpaired) electrons. The lowest BCUT2D eigenvalue weighted by Crippen LogP contribution is -2.31. The first kappa shape index (κ1) is 20.7. The number of aromatic nitrogens is 2. The van der Waals surface area contributed by atoms with E-state index in [4.69, 9.17) is 0 Å². The van der Waals surface area contributed by atoms with Gasteiger partial charge in [-0.25, -0.2) is 4.98 Å². The molecule has 0 spiro atoms. The molecular weight excluding hydrogens is 414 g/mol. The van der Waals surface area contributed by atoms with E-state index >= 15 is 0 Å². The molecule has 1 saturated heterocycles. The SMILES string of the molecule is O=C1C(=O)N(CCCn2ccnc2)C(c2ccc3ccccc3c2)/C1=C(/O)c1ccccc1. The van der Waals surface area contributed by atoms with Crippen LogP contribution in [-0.4, -0.2) is 37.8 Å². The lowest BCUT2D eigenvalue weighted by Gasteiger charge is -2.25. The van der Waals surface area contributed by atoms with E-state index in [9.17, 15) is 14.7 Å². The molecule has 0 bridgehead atoms. The summed E-state index contributed by atoms with van der Waals surface area (Å²) >= 11 is 0. The second-order valence-electron chi connectivity index (χ2n) is 8.12. The van der Waals surface area contributed by atoms with Gasteiger partial charge in [0.15, 0.2) is 0 Å². The van der Waals surface area contributed by atoms with Gasteiger partial charge in [-0.2, -0.15) is 0 Å². The van der Waals surface area contributed by atoms with Gasteiger partial charge in [-0.05, 0) is 28.8 Å². The third-order valence-corrected chi connectivity index (χ3v) is 6.05. The summed E-state index contributed by atoms with van der Waals surface area (Å²) in [6.45, 7) is 1.05. The van der Waals surface area contributed by atoms with Crippen molar-refractivity contribution in [1.82, 2.24) is 14.5 Å². The van der Waals surface area contributed by atoms with Crippen LogP contribution in [-0.2, 0) is 16.1 Å². The number of hydrogen-bond donors (Lipinski definition) is 1. The summed E-state index contributed by atoms with van der Waals surface area (Å²) < 4.78 is 1.94. The Morgan fingerprint density at radius 3 is 2.42 bits per heavy atom. The van der Waals surface area contributed by atoms with Crippen LogP contribution in [0.3, 0.4) is 0 Å². The van der Waals surface area contributed by atoms with Crippen molar-refractivity contribution in [3.8, 4) is 0 Å². The van der Waals surface area contributed by atoms with Crippen LogP contribution in [0, 0.1) is 0 Å². The van der Waals surface area contributed by atoms with Crippen LogP contribution in [0.5, 0.6) is 0 Å². The molecule has 6 heteroatoms. The second-order valence-corrected chi connectivity index (χ2v) is 8.12. The molecule has 164 valence electrons. The third kappa shape index (κ3) is 3.91. The van der Waals surface area contributed by atoms with E-state index in [2.05, 4.69) is 4.98 Å². The second kappa shape index (κ2) is 8.74. The summed E-state index contributed by atoms with van der Waals surface area (Å²) in [7, 11) is 0. The first-order valence-electron chi connectivity index (χ1n) is 10.9. The minimum atomic E-state index is -0.655. The van der Waals surface area contributed by atoms with Crippen molar-refractivity contribution in [2.75, 3.05) is 6.54 Å². The number of fused-ring (bicyclic) bond motifs is 1. The van der Waals surface area contributed by atoms with E-state index < -0.39 is 17.7 Å². The zero-order valence-corrected chi connectivity index (χ0v) is 18.0. The molecule has 1 unspecified atom stereocenters. The Kier molecular flexibility index (Phi) is 5.48. The van der Waals surface area contributed by atoms with E-state index in [1.165, 1.54) is 0 Å². The quantitative estimate of drug-likeness (QED) is 0.273. The van der Waals surface area contributed by atoms with Crippen LogP contribution >= 0.6 is 0 Å². The van der Waals surface area contributed by atoms with Crippen molar-refractivity contribution in [2.45, 2.75) is 19.0 Å². The first-order valence-corrected chi connectivity index (χ1v) is 10.9. The predicted molar refractivity (Wildman–Crippen MR) is 126 cm³/mol. The Balaban J connectivity index is 1.58. The van der Waals surface area contributed by atoms with Crippen LogP contribution in [0.25, 0.3) is 16.5 Å². The van der Waals surface area contributed by atoms with Gasteiger partial charge in [0.25, 0.3) is 11.7 Å². The molecule has 0 aliphatic carbocycles. The Bertz CT molecular complexity index is 1340. The topological polar surface area (TPSA) is 75.4 Å².